The van der Waals surface area contributed by atoms with Crippen LogP contribution in [0.3, 0.4) is 0 Å². The molecule has 1 aliphatic heterocycles. The van der Waals surface area contributed by atoms with E-state index in [1.54, 1.807) is 0 Å². The first kappa shape index (κ1) is 21.8. The van der Waals surface area contributed by atoms with E-state index >= 15 is 0 Å². The van der Waals surface area contributed by atoms with Gasteiger partial charge < -0.3 is 15.5 Å². The Kier molecular flexibility index (Phi) is 7.88. The van der Waals surface area contributed by atoms with Crippen molar-refractivity contribution in [2.24, 2.45) is 0 Å². The molecule has 1 heterocycles. The molecule has 150 valence electrons. The Morgan fingerprint density at radius 3 is 2.07 bits per heavy atom. The van der Waals surface area contributed by atoms with Crippen molar-refractivity contribution in [3.05, 3.63) is 65.2 Å². The van der Waals surface area contributed by atoms with Crippen molar-refractivity contribution in [2.75, 3.05) is 31.9 Å². The summed E-state index contributed by atoms with van der Waals surface area (Å²) in [6.07, 6.45) is 1.52. The number of para-hydroxylation sites is 1. The number of hydrogen-bond acceptors (Lipinski definition) is 3. The summed E-state index contributed by atoms with van der Waals surface area (Å²) < 4.78 is 0. The van der Waals surface area contributed by atoms with E-state index in [2.05, 4.69) is 0 Å². The Hall–Kier alpha value is -2.53. The molecule has 1 fully saturated rings. The van der Waals surface area contributed by atoms with Gasteiger partial charge in [0.1, 0.15) is 0 Å². The molecular weight excluding hydrogens is 374 g/mol. The number of halogens is 1. The average Bonchev–Trinajstić information content (AvgIpc) is 2.69. The first-order chi connectivity index (χ1) is 13.0. The maximum absolute atomic E-state index is 12.5. The predicted molar refractivity (Wildman–Crippen MR) is 114 cm³/mol. The summed E-state index contributed by atoms with van der Waals surface area (Å²) in [6, 6.07) is 15.7. The van der Waals surface area contributed by atoms with Crippen LogP contribution in [0.15, 0.2) is 48.5 Å². The zero-order valence-corrected chi connectivity index (χ0v) is 17.1. The standard InChI is InChI=1S/C22H27N3O2.ClH/c1-17-6-8-18(9-7-17)16-22(27)25-14-12-24(13-15-25)21(26)11-10-19-4-2-3-5-20(19)23;/h2-9H,10-16,23H2,1H3;1H. The van der Waals surface area contributed by atoms with E-state index < -0.39 is 0 Å². The number of amides is 2. The molecule has 0 unspecified atom stereocenters. The summed E-state index contributed by atoms with van der Waals surface area (Å²) in [5.74, 6) is 0.256. The normalized spacial score (nSPS) is 13.8. The van der Waals surface area contributed by atoms with Crippen molar-refractivity contribution in [2.45, 2.75) is 26.2 Å². The highest BCUT2D eigenvalue weighted by Crippen LogP contribution is 2.14. The van der Waals surface area contributed by atoms with Crippen molar-refractivity contribution in [1.82, 2.24) is 9.80 Å². The summed E-state index contributed by atoms with van der Waals surface area (Å²) in [5, 5.41) is 0. The molecular formula is C22H28ClN3O2. The van der Waals surface area contributed by atoms with Gasteiger partial charge in [0.2, 0.25) is 11.8 Å². The van der Waals surface area contributed by atoms with Gasteiger partial charge >= 0.3 is 0 Å². The Labute approximate surface area is 172 Å². The Balaban J connectivity index is 0.00000280. The van der Waals surface area contributed by atoms with Crippen molar-refractivity contribution >= 4 is 29.9 Å². The van der Waals surface area contributed by atoms with Gasteiger partial charge in [-0.3, -0.25) is 9.59 Å². The van der Waals surface area contributed by atoms with E-state index in [9.17, 15) is 9.59 Å². The lowest BCUT2D eigenvalue weighted by Crippen LogP contribution is -2.51. The van der Waals surface area contributed by atoms with Gasteiger partial charge in [0.25, 0.3) is 0 Å². The molecule has 3 rings (SSSR count). The molecule has 2 N–H and O–H groups in total. The number of carbonyl (C=O) groups is 2. The number of rotatable bonds is 5. The molecule has 1 aliphatic rings. The zero-order chi connectivity index (χ0) is 19.2. The second-order valence-corrected chi connectivity index (χ2v) is 7.12. The molecule has 0 radical (unpaired) electrons. The Bertz CT molecular complexity index is 800. The highest BCUT2D eigenvalue weighted by Gasteiger charge is 2.24. The number of hydrogen-bond donors (Lipinski definition) is 1. The topological polar surface area (TPSA) is 66.6 Å². The fourth-order valence-corrected chi connectivity index (χ4v) is 3.36. The number of nitrogen functional groups attached to an aromatic ring is 1. The lowest BCUT2D eigenvalue weighted by Gasteiger charge is -2.35. The maximum atomic E-state index is 12.5. The van der Waals surface area contributed by atoms with Gasteiger partial charge in [0, 0.05) is 38.3 Å². The highest BCUT2D eigenvalue weighted by atomic mass is 35.5. The monoisotopic (exact) mass is 401 g/mol. The molecule has 0 spiro atoms. The van der Waals surface area contributed by atoms with Crippen LogP contribution in [0.5, 0.6) is 0 Å². The van der Waals surface area contributed by atoms with Gasteiger partial charge in [-0.1, -0.05) is 48.0 Å². The van der Waals surface area contributed by atoms with Crippen LogP contribution in [0.4, 0.5) is 5.69 Å². The summed E-state index contributed by atoms with van der Waals surface area (Å²) in [6.45, 7) is 4.44. The lowest BCUT2D eigenvalue weighted by atomic mass is 10.1. The molecule has 2 amide bonds. The van der Waals surface area contributed by atoms with E-state index in [1.807, 2.05) is 65.3 Å². The number of benzene rings is 2. The van der Waals surface area contributed by atoms with Gasteiger partial charge in [-0.2, -0.15) is 0 Å². The minimum absolute atomic E-state index is 0. The summed E-state index contributed by atoms with van der Waals surface area (Å²) in [4.78, 5) is 28.7. The summed E-state index contributed by atoms with van der Waals surface area (Å²) in [7, 11) is 0. The smallest absolute Gasteiger partial charge is 0.227 e. The Morgan fingerprint density at radius 2 is 1.46 bits per heavy atom. The van der Waals surface area contributed by atoms with E-state index in [0.29, 0.717) is 45.4 Å². The van der Waals surface area contributed by atoms with Gasteiger partial charge in [0.15, 0.2) is 0 Å². The summed E-state index contributed by atoms with van der Waals surface area (Å²) in [5.41, 5.74) is 9.91. The van der Waals surface area contributed by atoms with Crippen molar-refractivity contribution < 1.29 is 9.59 Å². The highest BCUT2D eigenvalue weighted by molar-refractivity contribution is 5.85. The van der Waals surface area contributed by atoms with Crippen molar-refractivity contribution in [1.29, 1.82) is 0 Å². The van der Waals surface area contributed by atoms with Crippen LogP contribution in [0.2, 0.25) is 0 Å². The quantitative estimate of drug-likeness (QED) is 0.783. The number of anilines is 1. The molecule has 5 nitrogen and oxygen atoms in total. The molecule has 0 saturated carbocycles. The second-order valence-electron chi connectivity index (χ2n) is 7.12. The van der Waals surface area contributed by atoms with Crippen LogP contribution in [0, 0.1) is 6.92 Å². The molecule has 6 heteroatoms. The molecule has 2 aromatic rings. The molecule has 0 bridgehead atoms. The molecule has 0 atom stereocenters. The molecule has 28 heavy (non-hydrogen) atoms. The second kappa shape index (κ2) is 10.1. The number of carbonyl (C=O) groups excluding carboxylic acids is 2. The lowest BCUT2D eigenvalue weighted by molar-refractivity contribution is -0.139. The van der Waals surface area contributed by atoms with E-state index in [1.165, 1.54) is 5.56 Å². The fraction of sp³-hybridized carbons (Fsp3) is 0.364. The molecule has 1 saturated heterocycles. The molecule has 0 aliphatic carbocycles. The predicted octanol–water partition coefficient (Wildman–Crippen LogP) is 2.85. The fourth-order valence-electron chi connectivity index (χ4n) is 3.36. The first-order valence-corrected chi connectivity index (χ1v) is 9.47. The van der Waals surface area contributed by atoms with Crippen molar-refractivity contribution in [3.8, 4) is 0 Å². The van der Waals surface area contributed by atoms with Crippen molar-refractivity contribution in [3.63, 3.8) is 0 Å². The first-order valence-electron chi connectivity index (χ1n) is 9.47. The largest absolute Gasteiger partial charge is 0.399 e. The minimum atomic E-state index is 0. The number of nitrogens with zero attached hydrogens (tertiary/aromatic N) is 2. The van der Waals surface area contributed by atoms with E-state index in [-0.39, 0.29) is 24.2 Å². The summed E-state index contributed by atoms with van der Waals surface area (Å²) >= 11 is 0. The molecule has 2 aromatic carbocycles. The Morgan fingerprint density at radius 1 is 0.893 bits per heavy atom. The van der Waals surface area contributed by atoms with Gasteiger partial charge in [-0.05, 0) is 30.5 Å². The van der Waals surface area contributed by atoms with Crippen LogP contribution >= 0.6 is 12.4 Å². The zero-order valence-electron chi connectivity index (χ0n) is 16.3. The van der Waals surface area contributed by atoms with Crippen LogP contribution in [0.25, 0.3) is 0 Å². The third-order valence-corrected chi connectivity index (χ3v) is 5.12. The number of nitrogens with two attached hydrogens (primary N) is 1. The van der Waals surface area contributed by atoms with E-state index in [4.69, 9.17) is 5.73 Å². The molecule has 0 aromatic heterocycles. The minimum Gasteiger partial charge on any atom is -0.399 e. The SMILES string of the molecule is Cc1ccc(CC(=O)N2CCN(C(=O)CCc3ccccc3N)CC2)cc1.Cl. The van der Waals surface area contributed by atoms with Crippen LogP contribution in [-0.4, -0.2) is 47.8 Å². The van der Waals surface area contributed by atoms with Crippen LogP contribution in [-0.2, 0) is 22.4 Å². The third kappa shape index (κ3) is 5.73. The van der Waals surface area contributed by atoms with Crippen LogP contribution in [0.1, 0.15) is 23.1 Å². The van der Waals surface area contributed by atoms with E-state index in [0.717, 1.165) is 16.8 Å². The maximum Gasteiger partial charge on any atom is 0.227 e. The number of piperazine rings is 1. The van der Waals surface area contributed by atoms with Gasteiger partial charge in [-0.15, -0.1) is 12.4 Å². The third-order valence-electron chi connectivity index (χ3n) is 5.12. The number of aryl methyl sites for hydroxylation is 2. The van der Waals surface area contributed by atoms with Gasteiger partial charge in [-0.25, -0.2) is 0 Å². The average molecular weight is 402 g/mol. The van der Waals surface area contributed by atoms with Gasteiger partial charge in [0.05, 0.1) is 6.42 Å². The van der Waals surface area contributed by atoms with Crippen LogP contribution < -0.4 is 5.73 Å².